The summed E-state index contributed by atoms with van der Waals surface area (Å²) in [4.78, 5) is 27.1. The molecule has 6 nitrogen and oxygen atoms in total. The van der Waals surface area contributed by atoms with E-state index in [-0.39, 0.29) is 11.8 Å². The monoisotopic (exact) mass is 429 g/mol. The van der Waals surface area contributed by atoms with Gasteiger partial charge >= 0.3 is 0 Å². The summed E-state index contributed by atoms with van der Waals surface area (Å²) < 4.78 is 5.55. The first-order valence-corrected chi connectivity index (χ1v) is 9.96. The first-order chi connectivity index (χ1) is 14.6. The lowest BCUT2D eigenvalue weighted by Gasteiger charge is -2.08. The van der Waals surface area contributed by atoms with E-state index >= 15 is 0 Å². The maximum Gasteiger partial charge on any atom is 0.262 e. The Labute approximate surface area is 183 Å². The average molecular weight is 430 g/mol. The maximum atomic E-state index is 12.3. The molecule has 0 spiro atoms. The van der Waals surface area contributed by atoms with Crippen LogP contribution in [0.1, 0.15) is 24.2 Å². The fourth-order valence-electron chi connectivity index (χ4n) is 1.91. The molecule has 2 rings (SSSR count). The summed E-state index contributed by atoms with van der Waals surface area (Å²) in [6.07, 6.45) is 5.51. The van der Waals surface area contributed by atoms with Crippen molar-refractivity contribution in [1.82, 2.24) is 5.32 Å². The first kappa shape index (κ1) is 26.6. The lowest BCUT2D eigenvalue weighted by molar-refractivity contribution is -0.113. The van der Waals surface area contributed by atoms with E-state index in [2.05, 4.69) is 33.8 Å². The van der Waals surface area contributed by atoms with Crippen molar-refractivity contribution >= 4 is 35.3 Å². The van der Waals surface area contributed by atoms with Crippen LogP contribution in [-0.2, 0) is 4.79 Å². The smallest absolute Gasteiger partial charge is 0.262 e. The van der Waals surface area contributed by atoms with Crippen LogP contribution in [0.3, 0.4) is 0 Å². The third kappa shape index (κ3) is 10.8. The van der Waals surface area contributed by atoms with Gasteiger partial charge in [-0.3, -0.25) is 14.6 Å². The molecule has 0 aliphatic heterocycles. The number of halogens is 1. The summed E-state index contributed by atoms with van der Waals surface area (Å²) in [5.41, 5.74) is 1.17. The van der Waals surface area contributed by atoms with Gasteiger partial charge in [-0.25, -0.2) is 0 Å². The van der Waals surface area contributed by atoms with Gasteiger partial charge in [-0.15, -0.1) is 11.6 Å². The Hall–Kier alpha value is -3.38. The summed E-state index contributed by atoms with van der Waals surface area (Å²) >= 11 is 4.64. The second kappa shape index (κ2) is 16.6. The topological polar surface area (TPSA) is 79.8 Å². The molecule has 0 aliphatic carbocycles. The van der Waals surface area contributed by atoms with Crippen LogP contribution in [0.4, 0.5) is 5.69 Å². The summed E-state index contributed by atoms with van der Waals surface area (Å²) in [5, 5.41) is 5.22. The lowest BCUT2D eigenvalue weighted by Crippen LogP contribution is -2.18. The molecule has 30 heavy (non-hydrogen) atoms. The number of hydrogen-bond acceptors (Lipinski definition) is 4. The molecule has 0 heterocycles. The summed E-state index contributed by atoms with van der Waals surface area (Å²) in [7, 11) is 1.51. The highest BCUT2D eigenvalue weighted by atomic mass is 35.5. The van der Waals surface area contributed by atoms with Crippen molar-refractivity contribution in [3.05, 3.63) is 84.8 Å². The Morgan fingerprint density at radius 1 is 1.07 bits per heavy atom. The Morgan fingerprint density at radius 3 is 2.37 bits per heavy atom. The molecule has 0 atom stereocenters. The van der Waals surface area contributed by atoms with Crippen molar-refractivity contribution < 1.29 is 14.3 Å². The number of benzene rings is 2. The van der Waals surface area contributed by atoms with E-state index in [1.807, 2.05) is 44.2 Å². The normalized spacial score (nSPS) is 9.63. The molecule has 0 fully saturated rings. The van der Waals surface area contributed by atoms with Crippen molar-refractivity contribution in [1.29, 1.82) is 0 Å². The highest BCUT2D eigenvalue weighted by Crippen LogP contribution is 2.17. The zero-order valence-electron chi connectivity index (χ0n) is 17.7. The molecule has 160 valence electrons. The van der Waals surface area contributed by atoms with Gasteiger partial charge in [0.15, 0.2) is 0 Å². The molecule has 2 amide bonds. The average Bonchev–Trinajstić information content (AvgIpc) is 2.80. The summed E-state index contributed by atoms with van der Waals surface area (Å²) in [6, 6.07) is 15.9. The van der Waals surface area contributed by atoms with Gasteiger partial charge in [-0.05, 0) is 36.4 Å². The van der Waals surface area contributed by atoms with Gasteiger partial charge in [-0.2, -0.15) is 0 Å². The van der Waals surface area contributed by atoms with E-state index in [0.717, 1.165) is 6.21 Å². The fourth-order valence-corrected chi connectivity index (χ4v) is 1.91. The minimum atomic E-state index is -0.307. The number of aliphatic imine (C=N–C) groups is 1. The Bertz CT molecular complexity index is 850. The highest BCUT2D eigenvalue weighted by molar-refractivity contribution is 6.26. The van der Waals surface area contributed by atoms with E-state index in [1.54, 1.807) is 24.3 Å². The summed E-state index contributed by atoms with van der Waals surface area (Å²) in [6.45, 7) is 7.75. The van der Waals surface area contributed by atoms with Crippen LogP contribution in [0.25, 0.3) is 0 Å². The van der Waals surface area contributed by atoms with Crippen LogP contribution in [0.5, 0.6) is 5.75 Å². The van der Waals surface area contributed by atoms with Crippen LogP contribution in [0.2, 0.25) is 0 Å². The van der Waals surface area contributed by atoms with E-state index < -0.39 is 0 Å². The van der Waals surface area contributed by atoms with E-state index in [0.29, 0.717) is 22.8 Å². The molecule has 2 aromatic rings. The van der Waals surface area contributed by atoms with E-state index in [1.165, 1.54) is 25.7 Å². The van der Waals surface area contributed by atoms with Gasteiger partial charge in [0.05, 0.1) is 6.21 Å². The van der Waals surface area contributed by atoms with Crippen LogP contribution in [0.15, 0.2) is 84.2 Å². The quantitative estimate of drug-likeness (QED) is 0.280. The van der Waals surface area contributed by atoms with Crippen LogP contribution in [-0.4, -0.2) is 31.5 Å². The van der Waals surface area contributed by atoms with Crippen LogP contribution < -0.4 is 15.4 Å². The SMILES string of the molecule is C=C(/C=C\N=CC(=O)NC)Oc1cccc(C(=O)Nc2ccccc2)c1.CC.CCl. The molecule has 0 aliphatic rings. The van der Waals surface area contributed by atoms with Gasteiger partial charge in [-0.1, -0.05) is 44.7 Å². The van der Waals surface area contributed by atoms with Gasteiger partial charge in [0.25, 0.3) is 11.8 Å². The standard InChI is InChI=1S/C20H19N3O3.C2H6.CH3Cl/c1-15(11-12-22-14-19(24)21-2)26-18-10-6-7-16(13-18)20(25)23-17-8-4-3-5-9-17;2*1-2/h3-14H,1H2,2H3,(H,21,24)(H,23,25);1-2H3;1H3/b12-11-,22-14?;;. The molecule has 0 unspecified atom stereocenters. The zero-order chi connectivity index (χ0) is 22.8. The molecule has 0 radical (unpaired) electrons. The summed E-state index contributed by atoms with van der Waals surface area (Å²) in [5.74, 6) is 0.242. The molecule has 0 saturated carbocycles. The van der Waals surface area contributed by atoms with Crippen molar-refractivity contribution in [3.63, 3.8) is 0 Å². The number of rotatable bonds is 7. The number of alkyl halides is 1. The fraction of sp³-hybridized carbons (Fsp3) is 0.174. The Kier molecular flexibility index (Phi) is 14.7. The number of allylic oxidation sites excluding steroid dienone is 1. The number of carbonyl (C=O) groups is 2. The number of hydrogen-bond donors (Lipinski definition) is 2. The van der Waals surface area contributed by atoms with Crippen molar-refractivity contribution in [2.45, 2.75) is 13.8 Å². The van der Waals surface area contributed by atoms with E-state index in [4.69, 9.17) is 4.74 Å². The van der Waals surface area contributed by atoms with Crippen molar-refractivity contribution in [2.75, 3.05) is 18.7 Å². The second-order valence-corrected chi connectivity index (χ2v) is 5.12. The number of carbonyl (C=O) groups excluding carboxylic acids is 2. The third-order valence-corrected chi connectivity index (χ3v) is 3.16. The molecule has 7 heteroatoms. The molecule has 2 N–H and O–H groups in total. The Morgan fingerprint density at radius 2 is 1.73 bits per heavy atom. The molecule has 0 bridgehead atoms. The predicted octanol–water partition coefficient (Wildman–Crippen LogP) is 5.04. The van der Waals surface area contributed by atoms with Gasteiger partial charge < -0.3 is 15.4 Å². The highest BCUT2D eigenvalue weighted by Gasteiger charge is 2.07. The molecule has 0 saturated heterocycles. The lowest BCUT2D eigenvalue weighted by atomic mass is 10.2. The number of nitrogens with one attached hydrogen (secondary N) is 2. The Balaban J connectivity index is 0.00000198. The number of anilines is 1. The predicted molar refractivity (Wildman–Crippen MR) is 125 cm³/mol. The largest absolute Gasteiger partial charge is 0.458 e. The van der Waals surface area contributed by atoms with Crippen LogP contribution >= 0.6 is 11.6 Å². The molecule has 2 aromatic carbocycles. The number of para-hydroxylation sites is 1. The van der Waals surface area contributed by atoms with Crippen molar-refractivity contribution in [2.24, 2.45) is 4.99 Å². The second-order valence-electron chi connectivity index (χ2n) is 5.12. The van der Waals surface area contributed by atoms with Gasteiger partial charge in [0.2, 0.25) is 0 Å². The minimum absolute atomic E-state index is 0.238. The zero-order valence-corrected chi connectivity index (χ0v) is 18.4. The molecular formula is C23H28ClN3O3. The third-order valence-electron chi connectivity index (χ3n) is 3.16. The van der Waals surface area contributed by atoms with Crippen molar-refractivity contribution in [3.8, 4) is 5.75 Å². The number of nitrogens with zero attached hydrogens (tertiary/aromatic N) is 1. The first-order valence-electron chi connectivity index (χ1n) is 9.21. The number of ether oxygens (including phenoxy) is 1. The van der Waals surface area contributed by atoms with Gasteiger partial charge in [0.1, 0.15) is 11.5 Å². The van der Waals surface area contributed by atoms with E-state index in [9.17, 15) is 9.59 Å². The molecule has 0 aromatic heterocycles. The molecular weight excluding hydrogens is 402 g/mol. The van der Waals surface area contributed by atoms with Crippen LogP contribution in [0, 0.1) is 0 Å². The minimum Gasteiger partial charge on any atom is -0.458 e. The van der Waals surface area contributed by atoms with Gasteiger partial charge in [0, 0.05) is 30.9 Å². The number of amides is 2. The maximum absolute atomic E-state index is 12.3.